The van der Waals surface area contributed by atoms with Gasteiger partial charge < -0.3 is 14.5 Å². The molecule has 0 aliphatic carbocycles. The summed E-state index contributed by atoms with van der Waals surface area (Å²) in [6.45, 7) is 3.17. The van der Waals surface area contributed by atoms with Crippen molar-refractivity contribution in [3.05, 3.63) is 88.9 Å². The topological polar surface area (TPSA) is 78.9 Å². The summed E-state index contributed by atoms with van der Waals surface area (Å²) in [5.41, 5.74) is 0.432. The highest BCUT2D eigenvalue weighted by molar-refractivity contribution is 7.89. The van der Waals surface area contributed by atoms with E-state index < -0.39 is 33.7 Å². The molecule has 12 heteroatoms. The number of sulfonamides is 1. The molecule has 1 aliphatic rings. The quantitative estimate of drug-likeness (QED) is 0.377. The molecule has 40 heavy (non-hydrogen) atoms. The molecule has 3 aromatic carbocycles. The van der Waals surface area contributed by atoms with Crippen LogP contribution in [0.4, 0.5) is 18.9 Å². The second-order valence-corrected chi connectivity index (χ2v) is 11.4. The number of hydrogen-bond donors (Lipinski definition) is 1. The Labute approximate surface area is 236 Å². The number of carbonyl (C=O) groups excluding carboxylic acids is 1. The molecule has 1 atom stereocenters. The Bertz CT molecular complexity index is 1430. The highest BCUT2D eigenvalue weighted by Crippen LogP contribution is 2.32. The maximum absolute atomic E-state index is 13.6. The van der Waals surface area contributed by atoms with E-state index in [9.17, 15) is 26.4 Å². The van der Waals surface area contributed by atoms with Crippen LogP contribution in [0.25, 0.3) is 0 Å². The minimum atomic E-state index is -4.46. The lowest BCUT2D eigenvalue weighted by molar-refractivity contribution is -0.137. The molecule has 7 nitrogen and oxygen atoms in total. The van der Waals surface area contributed by atoms with Gasteiger partial charge in [0.05, 0.1) is 22.1 Å². The Hall–Kier alpha value is -3.28. The van der Waals surface area contributed by atoms with E-state index >= 15 is 0 Å². The fourth-order valence-corrected chi connectivity index (χ4v) is 6.00. The molecule has 4 rings (SSSR count). The lowest BCUT2D eigenvalue weighted by Crippen LogP contribution is -2.55. The number of amides is 1. The molecule has 1 N–H and O–H groups in total. The predicted molar refractivity (Wildman–Crippen MR) is 147 cm³/mol. The smallest absolute Gasteiger partial charge is 0.416 e. The zero-order valence-electron chi connectivity index (χ0n) is 21.7. The Balaban J connectivity index is 1.51. The van der Waals surface area contributed by atoms with Crippen LogP contribution in [0.5, 0.6) is 5.75 Å². The molecular weight excluding hydrogens is 567 g/mol. The number of ether oxygens (including phenoxy) is 1. The fraction of sp³-hybridized carbons (Fsp3) is 0.321. The number of carbonyl (C=O) groups is 1. The molecule has 1 heterocycles. The van der Waals surface area contributed by atoms with Crippen molar-refractivity contribution in [1.29, 1.82) is 0 Å². The lowest BCUT2D eigenvalue weighted by Gasteiger charge is -2.38. The molecular formula is C28H29ClF3N3O4S. The van der Waals surface area contributed by atoms with Crippen LogP contribution in [-0.4, -0.2) is 58.1 Å². The van der Waals surface area contributed by atoms with Crippen molar-refractivity contribution in [2.45, 2.75) is 30.5 Å². The Kier molecular flexibility index (Phi) is 9.27. The van der Waals surface area contributed by atoms with Gasteiger partial charge in [-0.15, -0.1) is 0 Å². The zero-order valence-corrected chi connectivity index (χ0v) is 23.3. The zero-order chi connectivity index (χ0) is 28.9. The van der Waals surface area contributed by atoms with Crippen molar-refractivity contribution >= 4 is 33.2 Å². The first-order valence-corrected chi connectivity index (χ1v) is 14.5. The highest BCUT2D eigenvalue weighted by Gasteiger charge is 2.33. The molecule has 0 spiro atoms. The van der Waals surface area contributed by atoms with Crippen LogP contribution >= 0.6 is 11.6 Å². The molecule has 3 aromatic rings. The third-order valence-corrected chi connectivity index (χ3v) is 8.29. The van der Waals surface area contributed by atoms with Crippen LogP contribution in [0.15, 0.2) is 77.7 Å². The van der Waals surface area contributed by atoms with E-state index in [0.717, 1.165) is 17.7 Å². The van der Waals surface area contributed by atoms with Crippen molar-refractivity contribution in [3.8, 4) is 5.75 Å². The number of alkyl halides is 3. The van der Waals surface area contributed by atoms with Gasteiger partial charge in [0, 0.05) is 31.9 Å². The third kappa shape index (κ3) is 7.26. The maximum atomic E-state index is 13.6. The second kappa shape index (κ2) is 12.5. The van der Waals surface area contributed by atoms with E-state index in [0.29, 0.717) is 31.1 Å². The predicted octanol–water partition coefficient (Wildman–Crippen LogP) is 5.00. The van der Waals surface area contributed by atoms with Crippen molar-refractivity contribution in [1.82, 2.24) is 9.62 Å². The van der Waals surface area contributed by atoms with E-state index in [1.807, 2.05) is 6.07 Å². The van der Waals surface area contributed by atoms with Crippen molar-refractivity contribution < 1.29 is 31.1 Å². The van der Waals surface area contributed by atoms with E-state index in [4.69, 9.17) is 16.3 Å². The molecule has 1 unspecified atom stereocenters. The number of nitrogens with one attached hydrogen (secondary N) is 1. The average molecular weight is 596 g/mol. The van der Waals surface area contributed by atoms with E-state index in [-0.39, 0.29) is 29.4 Å². The minimum Gasteiger partial charge on any atom is -0.492 e. The number of anilines is 1. The molecule has 214 valence electrons. The number of hydrogen-bond acceptors (Lipinski definition) is 5. The van der Waals surface area contributed by atoms with Crippen LogP contribution < -0.4 is 14.4 Å². The van der Waals surface area contributed by atoms with Crippen LogP contribution in [-0.2, 0) is 27.4 Å². The Morgan fingerprint density at radius 3 is 2.33 bits per heavy atom. The van der Waals surface area contributed by atoms with Gasteiger partial charge in [-0.25, -0.2) is 8.42 Å². The minimum absolute atomic E-state index is 0.109. The molecule has 0 bridgehead atoms. The molecule has 0 aromatic heterocycles. The summed E-state index contributed by atoms with van der Waals surface area (Å²) in [7, 11) is -4.14. The van der Waals surface area contributed by atoms with Gasteiger partial charge in [-0.3, -0.25) is 4.79 Å². The van der Waals surface area contributed by atoms with Gasteiger partial charge >= 0.3 is 6.18 Å². The van der Waals surface area contributed by atoms with Gasteiger partial charge in [0.1, 0.15) is 11.8 Å². The summed E-state index contributed by atoms with van der Waals surface area (Å²) in [5.74, 6) is -0.0770. The number of nitrogens with zero attached hydrogens (tertiary/aromatic N) is 2. The third-order valence-electron chi connectivity index (χ3n) is 6.52. The summed E-state index contributed by atoms with van der Waals surface area (Å²) in [6.07, 6.45) is -4.35. The molecule has 1 fully saturated rings. The van der Waals surface area contributed by atoms with Gasteiger partial charge in [-0.1, -0.05) is 48.0 Å². The SMILES string of the molecule is CCOc1ccc(S(=O)(=O)NC(Cc2ccccc2)C(=O)N2CCN(c3cccc(C(F)(F)F)c3)CC2)cc1Cl. The van der Waals surface area contributed by atoms with Gasteiger partial charge in [-0.05, 0) is 55.3 Å². The van der Waals surface area contributed by atoms with Crippen LogP contribution in [0.1, 0.15) is 18.1 Å². The first-order valence-electron chi connectivity index (χ1n) is 12.7. The molecule has 1 amide bonds. The van der Waals surface area contributed by atoms with Gasteiger partial charge in [0.15, 0.2) is 0 Å². The summed E-state index contributed by atoms with van der Waals surface area (Å²) in [4.78, 5) is 16.8. The molecule has 1 aliphatic heterocycles. The Morgan fingerprint density at radius 1 is 1.00 bits per heavy atom. The van der Waals surface area contributed by atoms with Crippen LogP contribution in [0.3, 0.4) is 0 Å². The normalized spacial score (nSPS) is 15.1. The van der Waals surface area contributed by atoms with Crippen molar-refractivity contribution in [3.63, 3.8) is 0 Å². The number of rotatable bonds is 9. The first kappa shape index (κ1) is 29.7. The highest BCUT2D eigenvalue weighted by atomic mass is 35.5. The van der Waals surface area contributed by atoms with E-state index in [1.54, 1.807) is 42.2 Å². The van der Waals surface area contributed by atoms with E-state index in [1.165, 1.54) is 29.2 Å². The average Bonchev–Trinajstić information content (AvgIpc) is 2.93. The van der Waals surface area contributed by atoms with Crippen LogP contribution in [0, 0.1) is 0 Å². The maximum Gasteiger partial charge on any atom is 0.416 e. The summed E-state index contributed by atoms with van der Waals surface area (Å²) < 4.78 is 74.0. The lowest BCUT2D eigenvalue weighted by atomic mass is 10.1. The van der Waals surface area contributed by atoms with Gasteiger partial charge in [0.2, 0.25) is 15.9 Å². The monoisotopic (exact) mass is 595 g/mol. The van der Waals surface area contributed by atoms with E-state index in [2.05, 4.69) is 4.72 Å². The van der Waals surface area contributed by atoms with Crippen molar-refractivity contribution in [2.75, 3.05) is 37.7 Å². The second-order valence-electron chi connectivity index (χ2n) is 9.25. The number of piperazine rings is 1. The summed E-state index contributed by atoms with van der Waals surface area (Å²) >= 11 is 6.20. The fourth-order valence-electron chi connectivity index (χ4n) is 4.49. The summed E-state index contributed by atoms with van der Waals surface area (Å²) in [5, 5.41) is 0.126. The number of halogens is 4. The van der Waals surface area contributed by atoms with Crippen LogP contribution in [0.2, 0.25) is 5.02 Å². The standard InChI is InChI=1S/C28H29ClF3N3O4S/c1-2-39-26-12-11-23(19-24(26)29)40(37,38)33-25(17-20-7-4-3-5-8-20)27(36)35-15-13-34(14-16-35)22-10-6-9-21(18-22)28(30,31)32/h3-12,18-19,25,33H,2,13-17H2,1H3. The molecule has 0 radical (unpaired) electrons. The number of benzene rings is 3. The first-order chi connectivity index (χ1) is 19.0. The van der Waals surface area contributed by atoms with Gasteiger partial charge in [-0.2, -0.15) is 17.9 Å². The van der Waals surface area contributed by atoms with Crippen molar-refractivity contribution in [2.24, 2.45) is 0 Å². The van der Waals surface area contributed by atoms with Gasteiger partial charge in [0.25, 0.3) is 0 Å². The Morgan fingerprint density at radius 2 is 1.70 bits per heavy atom. The largest absolute Gasteiger partial charge is 0.492 e. The molecule has 1 saturated heterocycles. The molecule has 0 saturated carbocycles. The summed E-state index contributed by atoms with van der Waals surface area (Å²) in [6, 6.07) is 17.0.